The molecule has 5 heteroatoms. The van der Waals surface area contributed by atoms with E-state index in [4.69, 9.17) is 10.5 Å². The summed E-state index contributed by atoms with van der Waals surface area (Å²) in [4.78, 5) is 13.5. The second-order valence-electron chi connectivity index (χ2n) is 4.61. The van der Waals surface area contributed by atoms with Gasteiger partial charge in [0.15, 0.2) is 0 Å². The minimum Gasteiger partial charge on any atom is -0.368 e. The molecule has 2 rings (SSSR count). The van der Waals surface area contributed by atoms with E-state index in [-0.39, 0.29) is 31.0 Å². The molecule has 1 aliphatic carbocycles. The maximum Gasteiger partial charge on any atom is 0.248 e. The number of likely N-dealkylation sites (tertiary alicyclic amines) is 1. The predicted octanol–water partition coefficient (Wildman–Crippen LogP) is 0.927. The van der Waals surface area contributed by atoms with Crippen LogP contribution in [0.3, 0.4) is 0 Å². The van der Waals surface area contributed by atoms with Crippen LogP contribution in [0.5, 0.6) is 0 Å². The Bertz CT molecular complexity index is 232. The van der Waals surface area contributed by atoms with Gasteiger partial charge in [0.25, 0.3) is 0 Å². The number of carbonyl (C=O) groups excluding carboxylic acids is 1. The monoisotopic (exact) mass is 248 g/mol. The van der Waals surface area contributed by atoms with E-state index in [0.717, 1.165) is 25.8 Å². The summed E-state index contributed by atoms with van der Waals surface area (Å²) in [6, 6.07) is 0.167. The van der Waals surface area contributed by atoms with Crippen LogP contribution in [0.4, 0.5) is 0 Å². The molecule has 0 aromatic heterocycles. The van der Waals surface area contributed by atoms with Gasteiger partial charge in [0, 0.05) is 19.1 Å². The Morgan fingerprint density at radius 1 is 1.31 bits per heavy atom. The van der Waals surface area contributed by atoms with Gasteiger partial charge >= 0.3 is 0 Å². The third kappa shape index (κ3) is 3.61. The van der Waals surface area contributed by atoms with Crippen molar-refractivity contribution in [3.63, 3.8) is 0 Å². The van der Waals surface area contributed by atoms with Crippen LogP contribution in [0.15, 0.2) is 0 Å². The quantitative estimate of drug-likeness (QED) is 0.808. The van der Waals surface area contributed by atoms with E-state index >= 15 is 0 Å². The average Bonchev–Trinajstić information content (AvgIpc) is 2.84. The summed E-state index contributed by atoms with van der Waals surface area (Å²) in [5, 5.41) is 0. The number of hydrogen-bond donors (Lipinski definition) is 1. The number of hydrogen-bond acceptors (Lipinski definition) is 3. The van der Waals surface area contributed by atoms with E-state index in [9.17, 15) is 4.79 Å². The third-order valence-corrected chi connectivity index (χ3v) is 3.32. The third-order valence-electron chi connectivity index (χ3n) is 3.32. The lowest BCUT2D eigenvalue weighted by molar-refractivity contribution is -0.137. The van der Waals surface area contributed by atoms with Crippen molar-refractivity contribution < 1.29 is 9.53 Å². The summed E-state index contributed by atoms with van der Waals surface area (Å²) >= 11 is 0. The minimum atomic E-state index is 0. The van der Waals surface area contributed by atoms with Crippen LogP contribution in [-0.4, -0.2) is 42.6 Å². The van der Waals surface area contributed by atoms with E-state index in [1.54, 1.807) is 0 Å². The van der Waals surface area contributed by atoms with Gasteiger partial charge in [-0.1, -0.05) is 12.8 Å². The fourth-order valence-corrected chi connectivity index (χ4v) is 2.35. The number of rotatable bonds is 3. The second kappa shape index (κ2) is 6.42. The van der Waals surface area contributed by atoms with Crippen molar-refractivity contribution >= 4 is 18.3 Å². The largest absolute Gasteiger partial charge is 0.368 e. The highest BCUT2D eigenvalue weighted by molar-refractivity contribution is 5.85. The molecule has 1 aliphatic heterocycles. The van der Waals surface area contributed by atoms with Crippen LogP contribution in [0.2, 0.25) is 0 Å². The van der Waals surface area contributed by atoms with Gasteiger partial charge in [-0.25, -0.2) is 0 Å². The average molecular weight is 249 g/mol. The molecule has 0 spiro atoms. The molecule has 1 heterocycles. The van der Waals surface area contributed by atoms with Crippen molar-refractivity contribution in [2.45, 2.75) is 44.2 Å². The molecule has 0 bridgehead atoms. The first kappa shape index (κ1) is 13.7. The van der Waals surface area contributed by atoms with E-state index in [0.29, 0.717) is 12.6 Å². The molecule has 0 aromatic carbocycles. The van der Waals surface area contributed by atoms with Gasteiger partial charge in [-0.05, 0) is 19.3 Å². The van der Waals surface area contributed by atoms with Gasteiger partial charge in [-0.15, -0.1) is 12.4 Å². The van der Waals surface area contributed by atoms with Gasteiger partial charge in [0.05, 0.1) is 6.10 Å². The van der Waals surface area contributed by atoms with Crippen LogP contribution in [-0.2, 0) is 9.53 Å². The lowest BCUT2D eigenvalue weighted by Crippen LogP contribution is -2.35. The van der Waals surface area contributed by atoms with Crippen molar-refractivity contribution in [3.05, 3.63) is 0 Å². The van der Waals surface area contributed by atoms with Crippen LogP contribution < -0.4 is 5.73 Å². The Labute approximate surface area is 103 Å². The van der Waals surface area contributed by atoms with Gasteiger partial charge < -0.3 is 15.4 Å². The first-order valence-electron chi connectivity index (χ1n) is 5.90. The number of ether oxygens (including phenoxy) is 1. The normalized spacial score (nSPS) is 25.8. The van der Waals surface area contributed by atoms with E-state index in [1.165, 1.54) is 12.8 Å². The lowest BCUT2D eigenvalue weighted by atomic mass is 10.3. The van der Waals surface area contributed by atoms with Crippen molar-refractivity contribution in [1.29, 1.82) is 0 Å². The number of nitrogens with two attached hydrogens (primary N) is 1. The first-order chi connectivity index (χ1) is 7.25. The van der Waals surface area contributed by atoms with Gasteiger partial charge in [-0.3, -0.25) is 4.79 Å². The fraction of sp³-hybridized carbons (Fsp3) is 0.909. The molecule has 1 atom stereocenters. The Kier molecular flexibility index (Phi) is 5.52. The Morgan fingerprint density at radius 3 is 2.56 bits per heavy atom. The number of carbonyl (C=O) groups is 1. The molecular weight excluding hydrogens is 228 g/mol. The standard InChI is InChI=1S/C11H20N2O2.ClH/c12-9-5-6-13(7-9)11(14)8-15-10-3-1-2-4-10;/h9-10H,1-8,12H2;1H. The molecule has 16 heavy (non-hydrogen) atoms. The van der Waals surface area contributed by atoms with Gasteiger partial charge in [0.1, 0.15) is 6.61 Å². The smallest absolute Gasteiger partial charge is 0.248 e. The van der Waals surface area contributed by atoms with Crippen molar-refractivity contribution in [2.75, 3.05) is 19.7 Å². The Balaban J connectivity index is 0.00000128. The van der Waals surface area contributed by atoms with Gasteiger partial charge in [0.2, 0.25) is 5.91 Å². The highest BCUT2D eigenvalue weighted by Gasteiger charge is 2.24. The second-order valence-corrected chi connectivity index (χ2v) is 4.61. The molecular formula is C11H21ClN2O2. The van der Waals surface area contributed by atoms with E-state index in [2.05, 4.69) is 0 Å². The molecule has 1 saturated heterocycles. The molecule has 0 aromatic rings. The Hall–Kier alpha value is -0.320. The molecule has 0 radical (unpaired) electrons. The van der Waals surface area contributed by atoms with Crippen molar-refractivity contribution in [1.82, 2.24) is 4.90 Å². The highest BCUT2D eigenvalue weighted by Crippen LogP contribution is 2.21. The molecule has 1 amide bonds. The summed E-state index contributed by atoms with van der Waals surface area (Å²) in [6.07, 6.45) is 5.97. The number of halogens is 1. The zero-order chi connectivity index (χ0) is 10.7. The van der Waals surface area contributed by atoms with Gasteiger partial charge in [-0.2, -0.15) is 0 Å². The molecule has 1 unspecified atom stereocenters. The van der Waals surface area contributed by atoms with E-state index < -0.39 is 0 Å². The molecule has 2 N–H and O–H groups in total. The summed E-state index contributed by atoms with van der Waals surface area (Å²) in [7, 11) is 0. The molecule has 4 nitrogen and oxygen atoms in total. The minimum absolute atomic E-state index is 0. The molecule has 1 saturated carbocycles. The zero-order valence-electron chi connectivity index (χ0n) is 9.56. The summed E-state index contributed by atoms with van der Waals surface area (Å²) in [5.74, 6) is 0.106. The lowest BCUT2D eigenvalue weighted by Gasteiger charge is -2.17. The van der Waals surface area contributed by atoms with Crippen LogP contribution in [0, 0.1) is 0 Å². The molecule has 2 aliphatic rings. The fourth-order valence-electron chi connectivity index (χ4n) is 2.35. The van der Waals surface area contributed by atoms with Crippen molar-refractivity contribution in [2.24, 2.45) is 5.73 Å². The summed E-state index contributed by atoms with van der Waals surface area (Å²) in [6.45, 7) is 1.75. The summed E-state index contributed by atoms with van der Waals surface area (Å²) < 4.78 is 5.58. The highest BCUT2D eigenvalue weighted by atomic mass is 35.5. The maximum absolute atomic E-state index is 11.7. The van der Waals surface area contributed by atoms with E-state index in [1.807, 2.05) is 4.90 Å². The van der Waals surface area contributed by atoms with Crippen LogP contribution >= 0.6 is 12.4 Å². The van der Waals surface area contributed by atoms with Crippen LogP contribution in [0.25, 0.3) is 0 Å². The number of amides is 1. The molecule has 94 valence electrons. The SMILES string of the molecule is Cl.NC1CCN(C(=O)COC2CCCC2)C1. The van der Waals surface area contributed by atoms with Crippen LogP contribution in [0.1, 0.15) is 32.1 Å². The maximum atomic E-state index is 11.7. The van der Waals surface area contributed by atoms with Crippen molar-refractivity contribution in [3.8, 4) is 0 Å². The molecule has 2 fully saturated rings. The topological polar surface area (TPSA) is 55.6 Å². The summed E-state index contributed by atoms with van der Waals surface area (Å²) in [5.41, 5.74) is 5.75. The Morgan fingerprint density at radius 2 is 2.00 bits per heavy atom. The first-order valence-corrected chi connectivity index (χ1v) is 5.90. The zero-order valence-corrected chi connectivity index (χ0v) is 10.4. The number of nitrogens with zero attached hydrogens (tertiary/aromatic N) is 1. The predicted molar refractivity (Wildman–Crippen MR) is 64.6 cm³/mol.